The van der Waals surface area contributed by atoms with Crippen LogP contribution in [-0.2, 0) is 0 Å². The zero-order chi connectivity index (χ0) is 7.56. The van der Waals surface area contributed by atoms with Gasteiger partial charge in [0.15, 0.2) is 0 Å². The van der Waals surface area contributed by atoms with Gasteiger partial charge in [0.25, 0.3) is 0 Å². The van der Waals surface area contributed by atoms with Crippen LogP contribution < -0.4 is 5.46 Å². The quantitative estimate of drug-likeness (QED) is 0.469. The molecular weight excluding hydrogens is 121 g/mol. The van der Waals surface area contributed by atoms with Crippen LogP contribution in [0.15, 0.2) is 18.2 Å². The first-order valence-electron chi connectivity index (χ1n) is 3.01. The molecule has 0 N–H and O–H groups in total. The van der Waals surface area contributed by atoms with E-state index in [1.54, 1.807) is 18.2 Å². The van der Waals surface area contributed by atoms with Gasteiger partial charge < -0.3 is 0 Å². The standard InChI is InChI=1S/C8H6BN/c1-6-7(5-10)3-2-4-8(6)9/h2-4H,1H3. The molecule has 2 heteroatoms. The van der Waals surface area contributed by atoms with Crippen molar-refractivity contribution in [3.05, 3.63) is 29.3 Å². The maximum atomic E-state index is 8.54. The van der Waals surface area contributed by atoms with Gasteiger partial charge in [-0.05, 0) is 18.6 Å². The highest BCUT2D eigenvalue weighted by Gasteiger charge is 1.96. The minimum atomic E-state index is 0.653. The van der Waals surface area contributed by atoms with Crippen molar-refractivity contribution in [3.63, 3.8) is 0 Å². The number of hydrogen-bond donors (Lipinski definition) is 0. The third-order valence-corrected chi connectivity index (χ3v) is 1.50. The molecule has 0 heterocycles. The smallest absolute Gasteiger partial charge is 0.114 e. The molecule has 0 atom stereocenters. The van der Waals surface area contributed by atoms with Crippen LogP contribution in [-0.4, -0.2) is 7.85 Å². The molecule has 0 fully saturated rings. The predicted octanol–water partition coefficient (Wildman–Crippen LogP) is 0.660. The summed E-state index contributed by atoms with van der Waals surface area (Å²) in [5.74, 6) is 0. The van der Waals surface area contributed by atoms with Crippen LogP contribution in [0.2, 0.25) is 0 Å². The summed E-state index contributed by atoms with van der Waals surface area (Å²) in [4.78, 5) is 0. The lowest BCUT2D eigenvalue weighted by molar-refractivity contribution is 1.42. The van der Waals surface area contributed by atoms with Gasteiger partial charge in [-0.1, -0.05) is 17.6 Å². The fraction of sp³-hybridized carbons (Fsp3) is 0.125. The molecule has 0 aromatic heterocycles. The number of hydrogen-bond acceptors (Lipinski definition) is 1. The zero-order valence-corrected chi connectivity index (χ0v) is 5.76. The second kappa shape index (κ2) is 2.57. The molecule has 46 valence electrons. The Morgan fingerprint density at radius 1 is 1.50 bits per heavy atom. The average molecular weight is 127 g/mol. The second-order valence-electron chi connectivity index (χ2n) is 2.13. The number of rotatable bonds is 0. The summed E-state index contributed by atoms with van der Waals surface area (Å²) in [6, 6.07) is 7.38. The Morgan fingerprint density at radius 3 is 2.70 bits per heavy atom. The summed E-state index contributed by atoms with van der Waals surface area (Å²) in [5, 5.41) is 8.54. The van der Waals surface area contributed by atoms with Crippen LogP contribution in [0.5, 0.6) is 0 Å². The summed E-state index contributed by atoms with van der Waals surface area (Å²) in [7, 11) is 5.55. The minimum absolute atomic E-state index is 0.653. The Morgan fingerprint density at radius 2 is 2.20 bits per heavy atom. The Bertz CT molecular complexity index is 286. The van der Waals surface area contributed by atoms with Crippen LogP contribution in [0.4, 0.5) is 0 Å². The molecule has 0 unspecified atom stereocenters. The first-order chi connectivity index (χ1) is 4.75. The van der Waals surface area contributed by atoms with Gasteiger partial charge in [-0.3, -0.25) is 0 Å². The fourth-order valence-corrected chi connectivity index (χ4v) is 0.775. The lowest BCUT2D eigenvalue weighted by Gasteiger charge is -1.99. The molecule has 0 aliphatic rings. The number of benzene rings is 1. The summed E-state index contributed by atoms with van der Waals surface area (Å²) < 4.78 is 0. The molecule has 10 heavy (non-hydrogen) atoms. The van der Waals surface area contributed by atoms with E-state index in [-0.39, 0.29) is 0 Å². The van der Waals surface area contributed by atoms with E-state index in [4.69, 9.17) is 13.1 Å². The van der Waals surface area contributed by atoms with Gasteiger partial charge in [-0.2, -0.15) is 5.26 Å². The van der Waals surface area contributed by atoms with Crippen LogP contribution in [0.3, 0.4) is 0 Å². The van der Waals surface area contributed by atoms with Crippen LogP contribution >= 0.6 is 0 Å². The molecule has 1 aromatic rings. The SMILES string of the molecule is [B]c1cccc(C#N)c1C. The van der Waals surface area contributed by atoms with Crippen molar-refractivity contribution in [2.75, 3.05) is 0 Å². The highest BCUT2D eigenvalue weighted by molar-refractivity contribution is 6.33. The summed E-state index contributed by atoms with van der Waals surface area (Å²) >= 11 is 0. The molecule has 0 aliphatic carbocycles. The van der Waals surface area contributed by atoms with Gasteiger partial charge in [0.1, 0.15) is 7.85 Å². The monoisotopic (exact) mass is 127 g/mol. The number of nitrogens with zero attached hydrogens (tertiary/aromatic N) is 1. The first-order valence-corrected chi connectivity index (χ1v) is 3.01. The van der Waals surface area contributed by atoms with Gasteiger partial charge in [-0.25, -0.2) is 0 Å². The Kier molecular flexibility index (Phi) is 1.77. The van der Waals surface area contributed by atoms with Crippen molar-refractivity contribution in [2.24, 2.45) is 0 Å². The lowest BCUT2D eigenvalue weighted by Crippen LogP contribution is -2.07. The molecule has 1 nitrogen and oxygen atoms in total. The fourth-order valence-electron chi connectivity index (χ4n) is 0.775. The molecule has 1 aromatic carbocycles. The van der Waals surface area contributed by atoms with Crippen molar-refractivity contribution in [1.29, 1.82) is 5.26 Å². The molecule has 0 bridgehead atoms. The maximum Gasteiger partial charge on any atom is 0.114 e. The van der Waals surface area contributed by atoms with Crippen molar-refractivity contribution in [1.82, 2.24) is 0 Å². The van der Waals surface area contributed by atoms with E-state index in [2.05, 4.69) is 6.07 Å². The maximum absolute atomic E-state index is 8.54. The summed E-state index contributed by atoms with van der Waals surface area (Å²) in [6.45, 7) is 1.84. The van der Waals surface area contributed by atoms with Crippen molar-refractivity contribution in [3.8, 4) is 6.07 Å². The van der Waals surface area contributed by atoms with E-state index in [1.165, 1.54) is 0 Å². The topological polar surface area (TPSA) is 23.8 Å². The minimum Gasteiger partial charge on any atom is -0.192 e. The van der Waals surface area contributed by atoms with E-state index < -0.39 is 0 Å². The zero-order valence-electron chi connectivity index (χ0n) is 5.76. The van der Waals surface area contributed by atoms with E-state index in [0.29, 0.717) is 11.0 Å². The van der Waals surface area contributed by atoms with E-state index in [9.17, 15) is 0 Å². The van der Waals surface area contributed by atoms with Crippen molar-refractivity contribution in [2.45, 2.75) is 6.92 Å². The molecule has 0 saturated carbocycles. The largest absolute Gasteiger partial charge is 0.192 e. The third-order valence-electron chi connectivity index (χ3n) is 1.50. The first kappa shape index (κ1) is 6.89. The average Bonchev–Trinajstić information content (AvgIpc) is 1.95. The molecule has 0 spiro atoms. The van der Waals surface area contributed by atoms with Crippen LogP contribution in [0.25, 0.3) is 0 Å². The predicted molar refractivity (Wildman–Crippen MR) is 41.3 cm³/mol. The summed E-state index contributed by atoms with van der Waals surface area (Å²) in [5.41, 5.74) is 2.20. The highest BCUT2D eigenvalue weighted by atomic mass is 14.2. The Labute approximate surface area is 61.7 Å². The normalized spacial score (nSPS) is 8.80. The van der Waals surface area contributed by atoms with Crippen LogP contribution in [0, 0.1) is 18.3 Å². The third kappa shape index (κ3) is 1.04. The van der Waals surface area contributed by atoms with E-state index in [0.717, 1.165) is 5.56 Å². The van der Waals surface area contributed by atoms with Crippen molar-refractivity contribution < 1.29 is 0 Å². The lowest BCUT2D eigenvalue weighted by atomic mass is 9.89. The highest BCUT2D eigenvalue weighted by Crippen LogP contribution is 2.00. The van der Waals surface area contributed by atoms with Gasteiger partial charge >= 0.3 is 0 Å². The van der Waals surface area contributed by atoms with Crippen molar-refractivity contribution >= 4 is 13.3 Å². The molecule has 0 amide bonds. The molecule has 0 saturated heterocycles. The van der Waals surface area contributed by atoms with Gasteiger partial charge in [0, 0.05) is 0 Å². The van der Waals surface area contributed by atoms with Gasteiger partial charge in [0.2, 0.25) is 0 Å². The molecule has 0 aliphatic heterocycles. The second-order valence-corrected chi connectivity index (χ2v) is 2.13. The Balaban J connectivity index is 3.31. The molecule has 1 rings (SSSR count). The Hall–Kier alpha value is -1.23. The number of nitriles is 1. The van der Waals surface area contributed by atoms with Crippen LogP contribution in [0.1, 0.15) is 11.1 Å². The summed E-state index contributed by atoms with van der Waals surface area (Å²) in [6.07, 6.45) is 0. The van der Waals surface area contributed by atoms with E-state index in [1.807, 2.05) is 6.92 Å². The van der Waals surface area contributed by atoms with E-state index >= 15 is 0 Å². The van der Waals surface area contributed by atoms with Gasteiger partial charge in [-0.15, -0.1) is 0 Å². The molecular formula is C8H6BN. The molecule has 2 radical (unpaired) electrons. The van der Waals surface area contributed by atoms with Gasteiger partial charge in [0.05, 0.1) is 11.6 Å².